The van der Waals surface area contributed by atoms with Gasteiger partial charge in [-0.1, -0.05) is 26.3 Å². The predicted octanol–water partition coefficient (Wildman–Crippen LogP) is 3.88. The van der Waals surface area contributed by atoms with Gasteiger partial charge in [0.2, 0.25) is 0 Å². The molecule has 0 fully saturated rings. The fourth-order valence-electron chi connectivity index (χ4n) is 2.28. The van der Waals surface area contributed by atoms with Crippen LogP contribution in [0.25, 0.3) is 0 Å². The van der Waals surface area contributed by atoms with Gasteiger partial charge in [-0.15, -0.1) is 0 Å². The number of rotatable bonds is 8. The van der Waals surface area contributed by atoms with Crippen LogP contribution in [0, 0.1) is 0 Å². The quantitative estimate of drug-likeness (QED) is 0.776. The Hall–Kier alpha value is -1.22. The molecule has 0 spiro atoms. The molecule has 0 aliphatic heterocycles. The molecule has 0 amide bonds. The average molecular weight is 266 g/mol. The van der Waals surface area contributed by atoms with Crippen molar-refractivity contribution in [3.8, 4) is 11.5 Å². The van der Waals surface area contributed by atoms with Gasteiger partial charge < -0.3 is 14.6 Å². The summed E-state index contributed by atoms with van der Waals surface area (Å²) in [5, 5.41) is 10.7. The third-order valence-electron chi connectivity index (χ3n) is 3.33. The lowest BCUT2D eigenvalue weighted by atomic mass is 9.87. The van der Waals surface area contributed by atoms with Crippen molar-refractivity contribution >= 4 is 0 Å². The van der Waals surface area contributed by atoms with E-state index in [1.807, 2.05) is 39.0 Å². The summed E-state index contributed by atoms with van der Waals surface area (Å²) in [6.07, 6.45) is 2.39. The van der Waals surface area contributed by atoms with Gasteiger partial charge in [-0.05, 0) is 44.4 Å². The molecule has 1 aromatic rings. The summed E-state index contributed by atoms with van der Waals surface area (Å²) >= 11 is 0. The molecule has 1 unspecified atom stereocenters. The molecule has 0 aliphatic carbocycles. The van der Waals surface area contributed by atoms with Crippen LogP contribution in [-0.2, 0) is 5.60 Å². The molecule has 0 saturated carbocycles. The minimum atomic E-state index is -0.772. The maximum atomic E-state index is 10.7. The van der Waals surface area contributed by atoms with Gasteiger partial charge in [-0.3, -0.25) is 0 Å². The van der Waals surface area contributed by atoms with Crippen molar-refractivity contribution in [3.05, 3.63) is 23.8 Å². The highest BCUT2D eigenvalue weighted by Gasteiger charge is 2.27. The van der Waals surface area contributed by atoms with E-state index >= 15 is 0 Å². The summed E-state index contributed by atoms with van der Waals surface area (Å²) in [6, 6.07) is 5.74. The molecular formula is C16H26O3. The van der Waals surface area contributed by atoms with Crippen molar-refractivity contribution in [1.29, 1.82) is 0 Å². The molecule has 0 aromatic heterocycles. The molecule has 1 N–H and O–H groups in total. The smallest absolute Gasteiger partial charge is 0.161 e. The first kappa shape index (κ1) is 15.8. The first-order valence-corrected chi connectivity index (χ1v) is 7.23. The van der Waals surface area contributed by atoms with Gasteiger partial charge in [-0.2, -0.15) is 0 Å². The van der Waals surface area contributed by atoms with Crippen molar-refractivity contribution in [1.82, 2.24) is 0 Å². The topological polar surface area (TPSA) is 38.7 Å². The predicted molar refractivity (Wildman–Crippen MR) is 77.9 cm³/mol. The molecule has 3 nitrogen and oxygen atoms in total. The summed E-state index contributed by atoms with van der Waals surface area (Å²) in [5.41, 5.74) is 0.134. The third-order valence-corrected chi connectivity index (χ3v) is 3.33. The van der Waals surface area contributed by atoms with E-state index in [4.69, 9.17) is 9.47 Å². The Bertz CT molecular complexity index is 390. The van der Waals surface area contributed by atoms with Crippen LogP contribution < -0.4 is 9.47 Å². The largest absolute Gasteiger partial charge is 0.490 e. The van der Waals surface area contributed by atoms with Gasteiger partial charge in [-0.25, -0.2) is 0 Å². The number of hydrogen-bond acceptors (Lipinski definition) is 3. The van der Waals surface area contributed by atoms with Crippen molar-refractivity contribution in [2.24, 2.45) is 0 Å². The number of benzene rings is 1. The number of aliphatic hydroxyl groups is 1. The van der Waals surface area contributed by atoms with Gasteiger partial charge in [0.15, 0.2) is 11.5 Å². The van der Waals surface area contributed by atoms with Crippen molar-refractivity contribution < 1.29 is 14.6 Å². The van der Waals surface area contributed by atoms with Gasteiger partial charge >= 0.3 is 0 Å². The van der Waals surface area contributed by atoms with E-state index in [1.54, 1.807) is 0 Å². The van der Waals surface area contributed by atoms with E-state index in [-0.39, 0.29) is 0 Å². The molecule has 1 aromatic carbocycles. The monoisotopic (exact) mass is 266 g/mol. The Morgan fingerprint density at radius 3 is 2.16 bits per heavy atom. The van der Waals surface area contributed by atoms with E-state index in [0.29, 0.717) is 25.4 Å². The first-order valence-electron chi connectivity index (χ1n) is 7.23. The molecule has 0 radical (unpaired) electrons. The molecule has 108 valence electrons. The second-order valence-corrected chi connectivity index (χ2v) is 4.66. The van der Waals surface area contributed by atoms with E-state index in [2.05, 4.69) is 6.92 Å². The summed E-state index contributed by atoms with van der Waals surface area (Å²) in [4.78, 5) is 0. The third kappa shape index (κ3) is 3.87. The Balaban J connectivity index is 3.11. The molecule has 0 heterocycles. The average Bonchev–Trinajstić information content (AvgIpc) is 2.41. The van der Waals surface area contributed by atoms with Crippen LogP contribution in [0.2, 0.25) is 0 Å². The molecule has 1 rings (SSSR count). The van der Waals surface area contributed by atoms with Gasteiger partial charge in [0.25, 0.3) is 0 Å². The molecular weight excluding hydrogens is 240 g/mol. The summed E-state index contributed by atoms with van der Waals surface area (Å²) in [6.45, 7) is 9.17. The summed E-state index contributed by atoms with van der Waals surface area (Å²) in [5.74, 6) is 1.45. The molecule has 1 atom stereocenters. The minimum Gasteiger partial charge on any atom is -0.490 e. The van der Waals surface area contributed by atoms with Crippen LogP contribution in [0.1, 0.15) is 52.5 Å². The molecule has 0 bridgehead atoms. The highest BCUT2D eigenvalue weighted by atomic mass is 16.5. The number of ether oxygens (including phenoxy) is 2. The Labute approximate surface area is 116 Å². The van der Waals surface area contributed by atoms with Crippen molar-refractivity contribution in [3.63, 3.8) is 0 Å². The highest BCUT2D eigenvalue weighted by Crippen LogP contribution is 2.36. The van der Waals surface area contributed by atoms with Crippen LogP contribution >= 0.6 is 0 Å². The first-order chi connectivity index (χ1) is 9.11. The van der Waals surface area contributed by atoms with E-state index < -0.39 is 5.60 Å². The Morgan fingerprint density at radius 2 is 1.63 bits per heavy atom. The summed E-state index contributed by atoms with van der Waals surface area (Å²) in [7, 11) is 0. The van der Waals surface area contributed by atoms with Gasteiger partial charge in [0.05, 0.1) is 18.8 Å². The lowest BCUT2D eigenvalue weighted by Crippen LogP contribution is -2.24. The zero-order valence-electron chi connectivity index (χ0n) is 12.5. The van der Waals surface area contributed by atoms with Crippen LogP contribution in [0.4, 0.5) is 0 Å². The Kier molecular flexibility index (Phi) is 6.16. The molecule has 19 heavy (non-hydrogen) atoms. The lowest BCUT2D eigenvalue weighted by Gasteiger charge is -2.27. The van der Waals surface area contributed by atoms with Crippen molar-refractivity contribution in [2.45, 2.75) is 52.6 Å². The van der Waals surface area contributed by atoms with Crippen LogP contribution in [-0.4, -0.2) is 18.3 Å². The molecule has 0 saturated heterocycles. The van der Waals surface area contributed by atoms with E-state index in [0.717, 1.165) is 24.2 Å². The zero-order valence-corrected chi connectivity index (χ0v) is 12.5. The maximum Gasteiger partial charge on any atom is 0.161 e. The fraction of sp³-hybridized carbons (Fsp3) is 0.625. The second kappa shape index (κ2) is 7.39. The maximum absolute atomic E-state index is 10.7. The zero-order chi connectivity index (χ0) is 14.3. The standard InChI is InChI=1S/C16H26O3/c1-5-11-16(17,6-2)13-9-10-14(18-7-3)15(12-13)19-8-4/h9-10,12,17H,5-8,11H2,1-4H3. The molecule has 0 aliphatic rings. The van der Waals surface area contributed by atoms with Gasteiger partial charge in [0, 0.05) is 0 Å². The van der Waals surface area contributed by atoms with Gasteiger partial charge in [0.1, 0.15) is 0 Å². The second-order valence-electron chi connectivity index (χ2n) is 4.66. The van der Waals surface area contributed by atoms with E-state index in [1.165, 1.54) is 0 Å². The Morgan fingerprint density at radius 1 is 1.00 bits per heavy atom. The van der Waals surface area contributed by atoms with E-state index in [9.17, 15) is 5.11 Å². The lowest BCUT2D eigenvalue weighted by molar-refractivity contribution is 0.0223. The summed E-state index contributed by atoms with van der Waals surface area (Å²) < 4.78 is 11.2. The molecule has 3 heteroatoms. The number of hydrogen-bond donors (Lipinski definition) is 1. The normalized spacial score (nSPS) is 13.9. The van der Waals surface area contributed by atoms with Crippen LogP contribution in [0.15, 0.2) is 18.2 Å². The highest BCUT2D eigenvalue weighted by molar-refractivity contribution is 5.44. The fourth-order valence-corrected chi connectivity index (χ4v) is 2.28. The van der Waals surface area contributed by atoms with Crippen LogP contribution in [0.3, 0.4) is 0 Å². The van der Waals surface area contributed by atoms with Crippen LogP contribution in [0.5, 0.6) is 11.5 Å². The van der Waals surface area contributed by atoms with Crippen molar-refractivity contribution in [2.75, 3.05) is 13.2 Å². The SMILES string of the molecule is CCCC(O)(CC)c1ccc(OCC)c(OCC)c1. The minimum absolute atomic E-state index is 0.585.